The monoisotopic (exact) mass is 398 g/mol. The Kier molecular flexibility index (Phi) is 5.61. The van der Waals surface area contributed by atoms with Crippen LogP contribution < -0.4 is 14.8 Å². The van der Waals surface area contributed by atoms with Crippen LogP contribution in [0.2, 0.25) is 0 Å². The number of nitrogens with one attached hydrogen (secondary N) is 1. The lowest BCUT2D eigenvalue weighted by Gasteiger charge is -2.11. The van der Waals surface area contributed by atoms with Crippen LogP contribution in [0.3, 0.4) is 0 Å². The fraction of sp³-hybridized carbons (Fsp3) is 0.0435. The molecule has 2 aromatic carbocycles. The number of carbonyl (C=O) groups excluding carboxylic acids is 1. The summed E-state index contributed by atoms with van der Waals surface area (Å²) in [7, 11) is 1.55. The highest BCUT2D eigenvalue weighted by molar-refractivity contribution is 5.92. The summed E-state index contributed by atoms with van der Waals surface area (Å²) < 4.78 is 11.9. The van der Waals surface area contributed by atoms with Gasteiger partial charge in [-0.3, -0.25) is 9.78 Å². The predicted octanol–water partition coefficient (Wildman–Crippen LogP) is 4.48. The normalized spacial score (nSPS) is 10.3. The smallest absolute Gasteiger partial charge is 0.269 e. The fourth-order valence-electron chi connectivity index (χ4n) is 2.79. The van der Waals surface area contributed by atoms with Crippen molar-refractivity contribution in [1.29, 1.82) is 0 Å². The van der Waals surface area contributed by atoms with Crippen LogP contribution in [0.1, 0.15) is 10.5 Å². The number of pyridine rings is 1. The van der Waals surface area contributed by atoms with Gasteiger partial charge in [-0.05, 0) is 23.8 Å². The molecule has 7 heteroatoms. The van der Waals surface area contributed by atoms with Gasteiger partial charge in [0.05, 0.1) is 5.56 Å². The predicted molar refractivity (Wildman–Crippen MR) is 112 cm³/mol. The van der Waals surface area contributed by atoms with E-state index in [9.17, 15) is 4.79 Å². The summed E-state index contributed by atoms with van der Waals surface area (Å²) in [5, 5.41) is 2.54. The number of benzene rings is 2. The van der Waals surface area contributed by atoms with Gasteiger partial charge in [0.15, 0.2) is 0 Å². The van der Waals surface area contributed by atoms with Crippen molar-refractivity contribution < 1.29 is 14.3 Å². The summed E-state index contributed by atoms with van der Waals surface area (Å²) in [5.41, 5.74) is 2.02. The summed E-state index contributed by atoms with van der Waals surface area (Å²) in [6.07, 6.45) is 4.68. The number of amides is 1. The number of aromatic nitrogens is 3. The minimum atomic E-state index is -0.283. The van der Waals surface area contributed by atoms with E-state index in [2.05, 4.69) is 20.3 Å². The molecule has 2 heterocycles. The van der Waals surface area contributed by atoms with Crippen molar-refractivity contribution >= 4 is 5.91 Å². The third kappa shape index (κ3) is 4.41. The third-order valence-corrected chi connectivity index (χ3v) is 4.21. The van der Waals surface area contributed by atoms with Gasteiger partial charge in [0.2, 0.25) is 5.88 Å². The lowest BCUT2D eigenvalue weighted by Crippen LogP contribution is -2.18. The second kappa shape index (κ2) is 8.83. The molecule has 4 rings (SSSR count). The van der Waals surface area contributed by atoms with Gasteiger partial charge in [0.1, 0.15) is 29.3 Å². The average Bonchev–Trinajstić information content (AvgIpc) is 2.80. The number of carbonyl (C=O) groups is 1. The molecule has 7 nitrogen and oxygen atoms in total. The summed E-state index contributed by atoms with van der Waals surface area (Å²) >= 11 is 0. The number of nitrogens with zero attached hydrogens (tertiary/aromatic N) is 3. The van der Waals surface area contributed by atoms with Gasteiger partial charge in [-0.15, -0.1) is 0 Å². The number of ether oxygens (including phenoxy) is 2. The molecular formula is C23H18N4O3. The van der Waals surface area contributed by atoms with Crippen LogP contribution in [0.5, 0.6) is 23.1 Å². The number of hydrogen-bond acceptors (Lipinski definition) is 6. The molecule has 0 radical (unpaired) electrons. The Morgan fingerprint density at radius 2 is 1.63 bits per heavy atom. The first-order chi connectivity index (χ1) is 14.7. The highest BCUT2D eigenvalue weighted by Gasteiger charge is 2.11. The average molecular weight is 398 g/mol. The minimum absolute atomic E-state index is 0.274. The second-order valence-corrected chi connectivity index (χ2v) is 6.24. The summed E-state index contributed by atoms with van der Waals surface area (Å²) in [5.74, 6) is 1.77. The Bertz CT molecular complexity index is 1170. The molecule has 0 spiro atoms. The van der Waals surface area contributed by atoms with Crippen LogP contribution >= 0.6 is 0 Å². The molecule has 0 aliphatic rings. The van der Waals surface area contributed by atoms with E-state index in [0.29, 0.717) is 23.1 Å². The van der Waals surface area contributed by atoms with E-state index in [0.717, 1.165) is 11.1 Å². The molecule has 1 N–H and O–H groups in total. The van der Waals surface area contributed by atoms with Gasteiger partial charge in [-0.25, -0.2) is 9.97 Å². The van der Waals surface area contributed by atoms with Crippen LogP contribution in [0.25, 0.3) is 11.1 Å². The van der Waals surface area contributed by atoms with E-state index < -0.39 is 0 Å². The van der Waals surface area contributed by atoms with E-state index in [1.807, 2.05) is 42.5 Å². The van der Waals surface area contributed by atoms with Gasteiger partial charge in [0, 0.05) is 31.6 Å². The van der Waals surface area contributed by atoms with Crippen LogP contribution in [0.4, 0.5) is 0 Å². The second-order valence-electron chi connectivity index (χ2n) is 6.24. The van der Waals surface area contributed by atoms with E-state index in [1.54, 1.807) is 37.5 Å². The lowest BCUT2D eigenvalue weighted by atomic mass is 10.1. The quantitative estimate of drug-likeness (QED) is 0.515. The molecule has 4 aromatic rings. The lowest BCUT2D eigenvalue weighted by molar-refractivity contribution is 0.0958. The zero-order valence-electron chi connectivity index (χ0n) is 16.1. The van der Waals surface area contributed by atoms with E-state index in [-0.39, 0.29) is 11.6 Å². The molecule has 0 aliphatic carbocycles. The van der Waals surface area contributed by atoms with Crippen molar-refractivity contribution in [2.45, 2.75) is 0 Å². The Labute approximate surface area is 173 Å². The van der Waals surface area contributed by atoms with E-state index in [1.165, 1.54) is 12.5 Å². The van der Waals surface area contributed by atoms with Crippen molar-refractivity contribution in [1.82, 2.24) is 20.3 Å². The van der Waals surface area contributed by atoms with Gasteiger partial charge in [-0.2, -0.15) is 0 Å². The van der Waals surface area contributed by atoms with E-state index in [4.69, 9.17) is 9.47 Å². The topological polar surface area (TPSA) is 86.2 Å². The Hall–Kier alpha value is -4.26. The third-order valence-electron chi connectivity index (χ3n) is 4.21. The van der Waals surface area contributed by atoms with Crippen molar-refractivity contribution in [3.05, 3.63) is 91.1 Å². The maximum Gasteiger partial charge on any atom is 0.269 e. The van der Waals surface area contributed by atoms with Gasteiger partial charge in [0.25, 0.3) is 5.91 Å². The Balaban J connectivity index is 1.56. The Morgan fingerprint density at radius 3 is 2.43 bits per heavy atom. The van der Waals surface area contributed by atoms with Crippen LogP contribution in [-0.2, 0) is 0 Å². The molecule has 0 atom stereocenters. The highest BCUT2D eigenvalue weighted by Crippen LogP contribution is 2.32. The summed E-state index contributed by atoms with van der Waals surface area (Å²) in [6, 6.07) is 20.2. The van der Waals surface area contributed by atoms with Crippen molar-refractivity contribution in [2.75, 3.05) is 7.05 Å². The summed E-state index contributed by atoms with van der Waals surface area (Å²) in [4.78, 5) is 24.2. The van der Waals surface area contributed by atoms with Crippen molar-refractivity contribution in [3.8, 4) is 34.3 Å². The maximum atomic E-state index is 11.8. The van der Waals surface area contributed by atoms with E-state index >= 15 is 0 Å². The molecule has 2 aromatic heterocycles. The van der Waals surface area contributed by atoms with Gasteiger partial charge in [-0.1, -0.05) is 36.4 Å². The minimum Gasteiger partial charge on any atom is -0.457 e. The fourth-order valence-corrected chi connectivity index (χ4v) is 2.79. The number of hydrogen-bond donors (Lipinski definition) is 1. The molecule has 0 saturated carbocycles. The molecule has 0 saturated heterocycles. The SMILES string of the molecule is CNC(=O)c1cc(Oc2cccc(Oc3ncncc3-c3ccccc3)c2)ccn1. The standard InChI is InChI=1S/C23H18N4O3/c1-24-22(28)21-13-19(10-11-26-21)29-17-8-5-9-18(12-17)30-23-20(14-25-15-27-23)16-6-3-2-4-7-16/h2-15H,1H3,(H,24,28). The molecule has 0 aliphatic heterocycles. The molecule has 148 valence electrons. The molecule has 0 unspecified atom stereocenters. The first kappa shape index (κ1) is 19.1. The largest absolute Gasteiger partial charge is 0.457 e. The van der Waals surface area contributed by atoms with Crippen molar-refractivity contribution in [2.24, 2.45) is 0 Å². The molecule has 1 amide bonds. The zero-order valence-corrected chi connectivity index (χ0v) is 16.1. The highest BCUT2D eigenvalue weighted by atomic mass is 16.5. The first-order valence-corrected chi connectivity index (χ1v) is 9.22. The zero-order chi connectivity index (χ0) is 20.8. The molecule has 30 heavy (non-hydrogen) atoms. The summed E-state index contributed by atoms with van der Waals surface area (Å²) in [6.45, 7) is 0. The van der Waals surface area contributed by atoms with Gasteiger partial charge < -0.3 is 14.8 Å². The van der Waals surface area contributed by atoms with Crippen LogP contribution in [0, 0.1) is 0 Å². The van der Waals surface area contributed by atoms with Crippen molar-refractivity contribution in [3.63, 3.8) is 0 Å². The Morgan fingerprint density at radius 1 is 0.867 bits per heavy atom. The molecule has 0 bridgehead atoms. The number of rotatable bonds is 6. The van der Waals surface area contributed by atoms with Crippen LogP contribution in [-0.4, -0.2) is 27.9 Å². The first-order valence-electron chi connectivity index (χ1n) is 9.22. The molecular weight excluding hydrogens is 380 g/mol. The van der Waals surface area contributed by atoms with Crippen LogP contribution in [0.15, 0.2) is 85.5 Å². The maximum absolute atomic E-state index is 11.8. The van der Waals surface area contributed by atoms with Gasteiger partial charge >= 0.3 is 0 Å². The molecule has 0 fully saturated rings.